The van der Waals surface area contributed by atoms with Gasteiger partial charge in [-0.1, -0.05) is 25.1 Å². The molecule has 20 heavy (non-hydrogen) atoms. The zero-order valence-corrected chi connectivity index (χ0v) is 12.8. The maximum Gasteiger partial charge on any atom is 0.254 e. The van der Waals surface area contributed by atoms with E-state index in [1.54, 1.807) is 11.8 Å². The Balaban J connectivity index is 2.22. The van der Waals surface area contributed by atoms with E-state index < -0.39 is 5.60 Å². The zero-order valence-electron chi connectivity index (χ0n) is 12.8. The minimum atomic E-state index is -0.786. The van der Waals surface area contributed by atoms with E-state index in [9.17, 15) is 9.90 Å². The standard InChI is InChI=1S/C16H24N2O2/c1-12-9-18(11-16(12,2)20)15(19)14-8-6-5-7-13(14)10-17(3)4/h5-8,12,20H,9-11H2,1-4H3/t12-,16+/m1/s1. The van der Waals surface area contributed by atoms with Crippen molar-refractivity contribution in [2.75, 3.05) is 27.2 Å². The number of benzene rings is 1. The first kappa shape index (κ1) is 15.0. The lowest BCUT2D eigenvalue weighted by Crippen LogP contribution is -2.35. The summed E-state index contributed by atoms with van der Waals surface area (Å²) in [6.07, 6.45) is 0. The van der Waals surface area contributed by atoms with E-state index in [1.807, 2.05) is 45.3 Å². The van der Waals surface area contributed by atoms with Crippen LogP contribution in [0.1, 0.15) is 29.8 Å². The van der Waals surface area contributed by atoms with Crippen molar-refractivity contribution in [1.82, 2.24) is 9.80 Å². The Morgan fingerprint density at radius 3 is 2.65 bits per heavy atom. The minimum Gasteiger partial charge on any atom is -0.388 e. The first-order chi connectivity index (χ1) is 9.31. The molecule has 1 fully saturated rings. The number of likely N-dealkylation sites (tertiary alicyclic amines) is 1. The van der Waals surface area contributed by atoms with Gasteiger partial charge in [-0.25, -0.2) is 0 Å². The van der Waals surface area contributed by atoms with Crippen molar-refractivity contribution in [2.45, 2.75) is 26.0 Å². The third-order valence-corrected chi connectivity index (χ3v) is 4.09. The molecule has 2 atom stereocenters. The predicted molar refractivity (Wildman–Crippen MR) is 79.5 cm³/mol. The summed E-state index contributed by atoms with van der Waals surface area (Å²) < 4.78 is 0. The number of hydrogen-bond donors (Lipinski definition) is 1. The summed E-state index contributed by atoms with van der Waals surface area (Å²) in [6, 6.07) is 7.71. The van der Waals surface area contributed by atoms with Crippen LogP contribution < -0.4 is 0 Å². The highest BCUT2D eigenvalue weighted by Crippen LogP contribution is 2.28. The molecule has 1 aromatic carbocycles. The maximum absolute atomic E-state index is 12.7. The van der Waals surface area contributed by atoms with Gasteiger partial charge in [0, 0.05) is 31.1 Å². The molecule has 1 aliphatic rings. The van der Waals surface area contributed by atoms with Crippen LogP contribution >= 0.6 is 0 Å². The maximum atomic E-state index is 12.7. The number of amides is 1. The summed E-state index contributed by atoms with van der Waals surface area (Å²) in [5.41, 5.74) is 0.986. The van der Waals surface area contributed by atoms with E-state index in [0.717, 1.165) is 17.7 Å². The molecule has 0 aliphatic carbocycles. The Labute approximate surface area is 121 Å². The van der Waals surface area contributed by atoms with Gasteiger partial charge in [0.15, 0.2) is 0 Å². The van der Waals surface area contributed by atoms with Crippen LogP contribution in [0.5, 0.6) is 0 Å². The summed E-state index contributed by atoms with van der Waals surface area (Å²) in [4.78, 5) is 16.5. The summed E-state index contributed by atoms with van der Waals surface area (Å²) in [5, 5.41) is 10.2. The predicted octanol–water partition coefficient (Wildman–Crippen LogP) is 1.59. The van der Waals surface area contributed by atoms with Crippen LogP contribution in [0.4, 0.5) is 0 Å². The van der Waals surface area contributed by atoms with Gasteiger partial charge in [0.05, 0.1) is 5.60 Å². The van der Waals surface area contributed by atoms with Gasteiger partial charge in [0.1, 0.15) is 0 Å². The molecule has 2 rings (SSSR count). The molecule has 1 aromatic rings. The number of hydrogen-bond acceptors (Lipinski definition) is 3. The van der Waals surface area contributed by atoms with E-state index in [1.165, 1.54) is 0 Å². The highest BCUT2D eigenvalue weighted by molar-refractivity contribution is 5.96. The molecule has 1 aliphatic heterocycles. The summed E-state index contributed by atoms with van der Waals surface area (Å²) in [6.45, 7) is 5.54. The Morgan fingerprint density at radius 1 is 1.45 bits per heavy atom. The monoisotopic (exact) mass is 276 g/mol. The third kappa shape index (κ3) is 3.02. The molecule has 0 spiro atoms. The fraction of sp³-hybridized carbons (Fsp3) is 0.562. The van der Waals surface area contributed by atoms with Crippen molar-refractivity contribution < 1.29 is 9.90 Å². The number of carbonyl (C=O) groups is 1. The van der Waals surface area contributed by atoms with Crippen LogP contribution in [-0.2, 0) is 6.54 Å². The van der Waals surface area contributed by atoms with Crippen LogP contribution in [0.15, 0.2) is 24.3 Å². The molecule has 110 valence electrons. The fourth-order valence-corrected chi connectivity index (χ4v) is 2.67. The van der Waals surface area contributed by atoms with Crippen molar-refractivity contribution >= 4 is 5.91 Å². The number of β-amino-alcohol motifs (C(OH)–C–C–N with tert-alkyl or cyclic N) is 1. The number of nitrogens with zero attached hydrogens (tertiary/aromatic N) is 2. The minimum absolute atomic E-state index is 0.0204. The second-order valence-electron chi connectivity index (χ2n) is 6.34. The average molecular weight is 276 g/mol. The Bertz CT molecular complexity index is 497. The summed E-state index contributed by atoms with van der Waals surface area (Å²) in [5.74, 6) is 0.125. The smallest absolute Gasteiger partial charge is 0.254 e. The molecular weight excluding hydrogens is 252 g/mol. The van der Waals surface area contributed by atoms with Gasteiger partial charge < -0.3 is 14.9 Å². The van der Waals surface area contributed by atoms with E-state index in [-0.39, 0.29) is 11.8 Å². The van der Waals surface area contributed by atoms with Crippen LogP contribution in [0, 0.1) is 5.92 Å². The van der Waals surface area contributed by atoms with Gasteiger partial charge in [-0.15, -0.1) is 0 Å². The van der Waals surface area contributed by atoms with Gasteiger partial charge in [0.25, 0.3) is 5.91 Å². The normalized spacial score (nSPS) is 26.3. The molecule has 0 radical (unpaired) electrons. The molecule has 4 heteroatoms. The lowest BCUT2D eigenvalue weighted by atomic mass is 9.95. The molecule has 1 amide bonds. The first-order valence-electron chi connectivity index (χ1n) is 7.05. The van der Waals surface area contributed by atoms with Gasteiger partial charge in [-0.2, -0.15) is 0 Å². The molecule has 1 saturated heterocycles. The summed E-state index contributed by atoms with van der Waals surface area (Å²) in [7, 11) is 3.98. The Morgan fingerprint density at radius 2 is 2.10 bits per heavy atom. The number of aliphatic hydroxyl groups is 1. The van der Waals surface area contributed by atoms with Crippen LogP contribution in [0.2, 0.25) is 0 Å². The van der Waals surface area contributed by atoms with Crippen molar-refractivity contribution in [3.05, 3.63) is 35.4 Å². The molecule has 0 unspecified atom stereocenters. The molecule has 0 bridgehead atoms. The van der Waals surface area contributed by atoms with E-state index in [0.29, 0.717) is 13.1 Å². The average Bonchev–Trinajstić information content (AvgIpc) is 2.63. The van der Waals surface area contributed by atoms with E-state index >= 15 is 0 Å². The fourth-order valence-electron chi connectivity index (χ4n) is 2.67. The van der Waals surface area contributed by atoms with Gasteiger partial charge in [-0.3, -0.25) is 4.79 Å². The first-order valence-corrected chi connectivity index (χ1v) is 7.05. The molecule has 0 saturated carbocycles. The molecule has 4 nitrogen and oxygen atoms in total. The van der Waals surface area contributed by atoms with Crippen LogP contribution in [0.25, 0.3) is 0 Å². The lowest BCUT2D eigenvalue weighted by Gasteiger charge is -2.22. The Kier molecular flexibility index (Phi) is 4.16. The van der Waals surface area contributed by atoms with Crippen LogP contribution in [0.3, 0.4) is 0 Å². The van der Waals surface area contributed by atoms with E-state index in [4.69, 9.17) is 0 Å². The van der Waals surface area contributed by atoms with E-state index in [2.05, 4.69) is 4.90 Å². The Hall–Kier alpha value is -1.39. The van der Waals surface area contributed by atoms with Gasteiger partial charge in [-0.05, 0) is 32.6 Å². The highest BCUT2D eigenvalue weighted by atomic mass is 16.3. The SMILES string of the molecule is C[C@@H]1CN(C(=O)c2ccccc2CN(C)C)C[C@]1(C)O. The van der Waals surface area contributed by atoms with Crippen molar-refractivity contribution in [2.24, 2.45) is 5.92 Å². The van der Waals surface area contributed by atoms with Gasteiger partial charge >= 0.3 is 0 Å². The quantitative estimate of drug-likeness (QED) is 0.912. The second kappa shape index (κ2) is 5.54. The van der Waals surface area contributed by atoms with Crippen LogP contribution in [-0.4, -0.2) is 53.6 Å². The topological polar surface area (TPSA) is 43.8 Å². The number of carbonyl (C=O) groups excluding carboxylic acids is 1. The highest BCUT2D eigenvalue weighted by Gasteiger charge is 2.40. The van der Waals surface area contributed by atoms with Crippen molar-refractivity contribution in [1.29, 1.82) is 0 Å². The molecule has 1 heterocycles. The third-order valence-electron chi connectivity index (χ3n) is 4.09. The molecule has 1 N–H and O–H groups in total. The largest absolute Gasteiger partial charge is 0.388 e. The van der Waals surface area contributed by atoms with Gasteiger partial charge in [0.2, 0.25) is 0 Å². The van der Waals surface area contributed by atoms with Crippen molar-refractivity contribution in [3.8, 4) is 0 Å². The second-order valence-corrected chi connectivity index (χ2v) is 6.34. The van der Waals surface area contributed by atoms with Crippen molar-refractivity contribution in [3.63, 3.8) is 0 Å². The summed E-state index contributed by atoms with van der Waals surface area (Å²) >= 11 is 0. The lowest BCUT2D eigenvalue weighted by molar-refractivity contribution is 0.0351. The molecule has 0 aromatic heterocycles. The zero-order chi connectivity index (χ0) is 14.9. The molecular formula is C16H24N2O2. The number of rotatable bonds is 3.